The lowest BCUT2D eigenvalue weighted by Gasteiger charge is -2.36. The second kappa shape index (κ2) is 6.74. The molecule has 4 heteroatoms. The summed E-state index contributed by atoms with van der Waals surface area (Å²) in [5.74, 6) is 1.06. The zero-order valence-corrected chi connectivity index (χ0v) is 14.5. The first-order valence-electron chi connectivity index (χ1n) is 7.17. The Morgan fingerprint density at radius 1 is 1.35 bits per heavy atom. The quantitative estimate of drug-likeness (QED) is 0.628. The van der Waals surface area contributed by atoms with Gasteiger partial charge in [-0.15, -0.1) is 0 Å². The van der Waals surface area contributed by atoms with E-state index in [1.165, 1.54) is 0 Å². The Morgan fingerprint density at radius 2 is 2.00 bits per heavy atom. The van der Waals surface area contributed by atoms with Gasteiger partial charge < -0.3 is 13.9 Å². The SMILES string of the molecule is C[C@@H](/C=C/[C@H](O)CO[Si](C)(C)C(C)(C)C)c1ccco1. The normalized spacial score (nSPS) is 16.6. The van der Waals surface area contributed by atoms with Crippen LogP contribution in [0.1, 0.15) is 39.4 Å². The van der Waals surface area contributed by atoms with E-state index in [1.807, 2.05) is 25.1 Å². The molecule has 114 valence electrons. The van der Waals surface area contributed by atoms with Crippen LogP contribution in [-0.2, 0) is 4.43 Å². The van der Waals surface area contributed by atoms with Gasteiger partial charge in [-0.05, 0) is 30.3 Å². The number of allylic oxidation sites excluding steroid dienone is 1. The van der Waals surface area contributed by atoms with E-state index in [2.05, 4.69) is 33.9 Å². The number of aliphatic hydroxyl groups excluding tert-OH is 1. The summed E-state index contributed by atoms with van der Waals surface area (Å²) in [5.41, 5.74) is 0. The van der Waals surface area contributed by atoms with E-state index in [9.17, 15) is 5.11 Å². The number of furan rings is 1. The summed E-state index contributed by atoms with van der Waals surface area (Å²) in [5, 5.41) is 10.2. The van der Waals surface area contributed by atoms with Crippen LogP contribution in [0.5, 0.6) is 0 Å². The van der Waals surface area contributed by atoms with E-state index >= 15 is 0 Å². The molecule has 0 aromatic carbocycles. The van der Waals surface area contributed by atoms with E-state index in [1.54, 1.807) is 12.3 Å². The molecule has 0 saturated heterocycles. The second-order valence-corrected chi connectivity index (χ2v) is 11.6. The summed E-state index contributed by atoms with van der Waals surface area (Å²) in [6.07, 6.45) is 4.84. The van der Waals surface area contributed by atoms with Crippen LogP contribution < -0.4 is 0 Å². The summed E-state index contributed by atoms with van der Waals surface area (Å²) in [4.78, 5) is 0. The highest BCUT2D eigenvalue weighted by molar-refractivity contribution is 6.74. The summed E-state index contributed by atoms with van der Waals surface area (Å²) in [6.45, 7) is 13.4. The first-order valence-corrected chi connectivity index (χ1v) is 10.1. The third-order valence-corrected chi connectivity index (χ3v) is 8.54. The van der Waals surface area contributed by atoms with Gasteiger partial charge in [-0.25, -0.2) is 0 Å². The summed E-state index contributed by atoms with van der Waals surface area (Å²) < 4.78 is 11.3. The molecule has 1 rings (SSSR count). The topological polar surface area (TPSA) is 42.6 Å². The zero-order valence-electron chi connectivity index (χ0n) is 13.5. The predicted molar refractivity (Wildman–Crippen MR) is 85.4 cm³/mol. The fraction of sp³-hybridized carbons (Fsp3) is 0.625. The Labute approximate surface area is 123 Å². The first kappa shape index (κ1) is 17.2. The lowest BCUT2D eigenvalue weighted by molar-refractivity contribution is 0.135. The largest absolute Gasteiger partial charge is 0.469 e. The van der Waals surface area contributed by atoms with Crippen LogP contribution in [0.25, 0.3) is 0 Å². The molecule has 0 radical (unpaired) electrons. The molecule has 3 nitrogen and oxygen atoms in total. The maximum absolute atomic E-state index is 10.0. The number of hydrogen-bond donors (Lipinski definition) is 1. The molecule has 0 bridgehead atoms. The van der Waals surface area contributed by atoms with E-state index in [4.69, 9.17) is 8.84 Å². The van der Waals surface area contributed by atoms with Gasteiger partial charge in [0.05, 0.1) is 19.0 Å². The van der Waals surface area contributed by atoms with E-state index in [0.717, 1.165) is 5.76 Å². The molecule has 0 aliphatic carbocycles. The Balaban J connectivity index is 2.46. The van der Waals surface area contributed by atoms with Gasteiger partial charge in [0.15, 0.2) is 8.32 Å². The van der Waals surface area contributed by atoms with Crippen molar-refractivity contribution in [3.63, 3.8) is 0 Å². The molecule has 0 unspecified atom stereocenters. The molecular weight excluding hydrogens is 268 g/mol. The van der Waals surface area contributed by atoms with Crippen LogP contribution in [0.2, 0.25) is 18.1 Å². The highest BCUT2D eigenvalue weighted by Crippen LogP contribution is 2.36. The highest BCUT2D eigenvalue weighted by atomic mass is 28.4. The van der Waals surface area contributed by atoms with Gasteiger partial charge in [0, 0.05) is 5.92 Å². The molecular formula is C16H28O3Si. The van der Waals surface area contributed by atoms with Crippen molar-refractivity contribution in [2.24, 2.45) is 0 Å². The van der Waals surface area contributed by atoms with Crippen molar-refractivity contribution in [1.82, 2.24) is 0 Å². The lowest BCUT2D eigenvalue weighted by atomic mass is 10.1. The summed E-state index contributed by atoms with van der Waals surface area (Å²) in [6, 6.07) is 3.81. The zero-order chi connectivity index (χ0) is 15.4. The number of hydrogen-bond acceptors (Lipinski definition) is 3. The van der Waals surface area contributed by atoms with Gasteiger partial charge in [-0.1, -0.05) is 39.8 Å². The lowest BCUT2D eigenvalue weighted by Crippen LogP contribution is -2.42. The molecule has 0 fully saturated rings. The minimum atomic E-state index is -1.79. The van der Waals surface area contributed by atoms with Crippen molar-refractivity contribution < 1.29 is 13.9 Å². The average Bonchev–Trinajstić information content (AvgIpc) is 2.85. The van der Waals surface area contributed by atoms with Crippen LogP contribution in [0.3, 0.4) is 0 Å². The van der Waals surface area contributed by atoms with E-state index < -0.39 is 14.4 Å². The van der Waals surface area contributed by atoms with Gasteiger partial charge in [0.1, 0.15) is 5.76 Å². The second-order valence-electron chi connectivity index (χ2n) is 6.83. The minimum Gasteiger partial charge on any atom is -0.469 e. The van der Waals surface area contributed by atoms with Crippen molar-refractivity contribution in [3.8, 4) is 0 Å². The standard InChI is InChI=1S/C16H28O3Si/c1-13(15-8-7-11-18-15)9-10-14(17)12-19-20(5,6)16(2,3)4/h7-11,13-14,17H,12H2,1-6H3/b10-9+/t13-,14-/m0/s1. The third-order valence-electron chi connectivity index (χ3n) is 4.04. The van der Waals surface area contributed by atoms with Gasteiger partial charge >= 0.3 is 0 Å². The number of aliphatic hydroxyl groups is 1. The Kier molecular flexibility index (Phi) is 5.80. The maximum Gasteiger partial charge on any atom is 0.192 e. The Hall–Kier alpha value is -0.843. The first-order chi connectivity index (χ1) is 9.13. The van der Waals surface area contributed by atoms with Crippen LogP contribution in [0, 0.1) is 0 Å². The predicted octanol–water partition coefficient (Wildman–Crippen LogP) is 4.32. The molecule has 0 saturated carbocycles. The van der Waals surface area contributed by atoms with E-state index in [-0.39, 0.29) is 11.0 Å². The Morgan fingerprint density at radius 3 is 2.50 bits per heavy atom. The molecule has 1 N–H and O–H groups in total. The van der Waals surface area contributed by atoms with Crippen LogP contribution in [-0.4, -0.2) is 26.1 Å². The van der Waals surface area contributed by atoms with Crippen molar-refractivity contribution in [3.05, 3.63) is 36.3 Å². The fourth-order valence-electron chi connectivity index (χ4n) is 1.51. The smallest absolute Gasteiger partial charge is 0.192 e. The summed E-state index contributed by atoms with van der Waals surface area (Å²) >= 11 is 0. The maximum atomic E-state index is 10.0. The minimum absolute atomic E-state index is 0.160. The third kappa shape index (κ3) is 4.92. The molecule has 20 heavy (non-hydrogen) atoms. The molecule has 1 aromatic rings. The highest BCUT2D eigenvalue weighted by Gasteiger charge is 2.37. The van der Waals surface area contributed by atoms with Gasteiger partial charge in [0.2, 0.25) is 0 Å². The monoisotopic (exact) mass is 296 g/mol. The fourth-order valence-corrected chi connectivity index (χ4v) is 2.53. The van der Waals surface area contributed by atoms with Crippen LogP contribution in [0.15, 0.2) is 35.0 Å². The van der Waals surface area contributed by atoms with Crippen molar-refractivity contribution in [2.45, 2.75) is 57.8 Å². The average molecular weight is 296 g/mol. The van der Waals surface area contributed by atoms with Gasteiger partial charge in [-0.2, -0.15) is 0 Å². The molecule has 0 amide bonds. The van der Waals surface area contributed by atoms with Crippen molar-refractivity contribution in [2.75, 3.05) is 6.61 Å². The van der Waals surface area contributed by atoms with Crippen molar-refractivity contribution in [1.29, 1.82) is 0 Å². The Bertz CT molecular complexity index is 415. The molecule has 2 atom stereocenters. The molecule has 0 spiro atoms. The van der Waals surface area contributed by atoms with Gasteiger partial charge in [0.25, 0.3) is 0 Å². The molecule has 0 aliphatic heterocycles. The van der Waals surface area contributed by atoms with Crippen molar-refractivity contribution >= 4 is 8.32 Å². The van der Waals surface area contributed by atoms with Crippen LogP contribution >= 0.6 is 0 Å². The molecule has 0 aliphatic rings. The summed E-state index contributed by atoms with van der Waals surface area (Å²) in [7, 11) is -1.79. The molecule has 1 heterocycles. The van der Waals surface area contributed by atoms with Crippen LogP contribution in [0.4, 0.5) is 0 Å². The van der Waals surface area contributed by atoms with E-state index in [0.29, 0.717) is 6.61 Å². The number of rotatable bonds is 6. The molecule has 1 aromatic heterocycles. The van der Waals surface area contributed by atoms with Gasteiger partial charge in [-0.3, -0.25) is 0 Å².